The molecule has 0 atom stereocenters. The summed E-state index contributed by atoms with van der Waals surface area (Å²) in [7, 11) is 0. The third-order valence-electron chi connectivity index (χ3n) is 0.502. The van der Waals surface area contributed by atoms with Crippen LogP contribution in [0.2, 0.25) is 0 Å². The maximum absolute atomic E-state index is 11.2. The van der Waals surface area contributed by atoms with Crippen LogP contribution in [0.3, 0.4) is 0 Å². The number of halogens is 3. The molecule has 0 heterocycles. The van der Waals surface area contributed by atoms with Crippen molar-refractivity contribution in [2.24, 2.45) is 0 Å². The van der Waals surface area contributed by atoms with Gasteiger partial charge in [0.05, 0.1) is 0 Å². The lowest BCUT2D eigenvalue weighted by Gasteiger charge is -2.02. The molecule has 9 heavy (non-hydrogen) atoms. The van der Waals surface area contributed by atoms with Crippen molar-refractivity contribution in [3.8, 4) is 12.0 Å². The van der Waals surface area contributed by atoms with E-state index in [-0.39, 0.29) is 0 Å². The van der Waals surface area contributed by atoms with Crippen molar-refractivity contribution in [3.63, 3.8) is 0 Å². The topological polar surface area (TPSA) is 12.0 Å². The van der Waals surface area contributed by atoms with Gasteiger partial charge in [-0.1, -0.05) is 5.92 Å². The summed E-state index contributed by atoms with van der Waals surface area (Å²) in [5, 5.41) is 1.89. The van der Waals surface area contributed by atoms with Crippen molar-refractivity contribution >= 4 is 0 Å². The zero-order valence-electron chi connectivity index (χ0n) is 4.84. The van der Waals surface area contributed by atoms with Crippen LogP contribution in [0.15, 0.2) is 0 Å². The van der Waals surface area contributed by atoms with E-state index in [0.29, 0.717) is 0 Å². The van der Waals surface area contributed by atoms with Crippen LogP contribution < -0.4 is 5.32 Å². The fourth-order valence-electron chi connectivity index (χ4n) is 0.233. The first-order valence-corrected chi connectivity index (χ1v) is 2.27. The summed E-state index contributed by atoms with van der Waals surface area (Å²) >= 11 is 0. The minimum atomic E-state index is -4.16. The van der Waals surface area contributed by atoms with Crippen molar-refractivity contribution in [1.29, 1.82) is 0 Å². The SMILES string of the molecule is CC#CNCC(F)(F)F. The largest absolute Gasteiger partial charge is 0.406 e. The van der Waals surface area contributed by atoms with E-state index in [9.17, 15) is 13.2 Å². The zero-order chi connectivity index (χ0) is 7.33. The van der Waals surface area contributed by atoms with E-state index in [1.54, 1.807) is 0 Å². The van der Waals surface area contributed by atoms with Gasteiger partial charge in [0.15, 0.2) is 0 Å². The van der Waals surface area contributed by atoms with Crippen molar-refractivity contribution in [2.75, 3.05) is 6.54 Å². The lowest BCUT2D eigenvalue weighted by atomic mass is 10.6. The summed E-state index contributed by atoms with van der Waals surface area (Å²) in [6.45, 7) is 0.414. The smallest absolute Gasteiger partial charge is 0.337 e. The van der Waals surface area contributed by atoms with Crippen LogP contribution in [0.4, 0.5) is 13.2 Å². The number of hydrogen-bond acceptors (Lipinski definition) is 1. The molecule has 0 aliphatic carbocycles. The van der Waals surface area contributed by atoms with Crippen LogP contribution in [0.1, 0.15) is 6.92 Å². The molecule has 0 radical (unpaired) electrons. The van der Waals surface area contributed by atoms with Crippen LogP contribution in [0.5, 0.6) is 0 Å². The maximum atomic E-state index is 11.2. The van der Waals surface area contributed by atoms with Gasteiger partial charge in [-0.15, -0.1) is 0 Å². The van der Waals surface area contributed by atoms with Gasteiger partial charge in [-0.25, -0.2) is 0 Å². The number of hydrogen-bond donors (Lipinski definition) is 1. The van der Waals surface area contributed by atoms with Gasteiger partial charge in [0.2, 0.25) is 0 Å². The molecule has 0 spiro atoms. The average molecular weight is 137 g/mol. The summed E-state index contributed by atoms with van der Waals surface area (Å²) in [4.78, 5) is 0. The highest BCUT2D eigenvalue weighted by atomic mass is 19.4. The Morgan fingerprint density at radius 1 is 1.44 bits per heavy atom. The molecule has 0 bridgehead atoms. The van der Waals surface area contributed by atoms with Gasteiger partial charge in [0.25, 0.3) is 0 Å². The van der Waals surface area contributed by atoms with Gasteiger partial charge in [-0.3, -0.25) is 0 Å². The van der Waals surface area contributed by atoms with Gasteiger partial charge in [-0.2, -0.15) is 13.2 Å². The van der Waals surface area contributed by atoms with E-state index in [0.717, 1.165) is 0 Å². The first-order valence-electron chi connectivity index (χ1n) is 2.27. The van der Waals surface area contributed by atoms with Gasteiger partial charge in [0, 0.05) is 6.04 Å². The molecule has 0 unspecified atom stereocenters. The second-order valence-corrected chi connectivity index (χ2v) is 1.34. The molecule has 0 aliphatic rings. The van der Waals surface area contributed by atoms with Gasteiger partial charge < -0.3 is 5.32 Å². The molecule has 0 fully saturated rings. The monoisotopic (exact) mass is 137 g/mol. The summed E-state index contributed by atoms with van der Waals surface area (Å²) in [6.07, 6.45) is -4.16. The second kappa shape index (κ2) is 3.23. The molecule has 52 valence electrons. The molecule has 0 aromatic rings. The third-order valence-corrected chi connectivity index (χ3v) is 0.502. The molecule has 1 nitrogen and oxygen atoms in total. The third kappa shape index (κ3) is 7.15. The Morgan fingerprint density at radius 2 is 2.00 bits per heavy atom. The van der Waals surface area contributed by atoms with E-state index >= 15 is 0 Å². The molecule has 1 N–H and O–H groups in total. The standard InChI is InChI=1S/C5H6F3N/c1-2-3-9-4-5(6,7)8/h9H,4H2,1H3. The minimum Gasteiger partial charge on any atom is -0.337 e. The normalized spacial score (nSPS) is 9.78. The molecule has 0 aliphatic heterocycles. The molecule has 0 saturated carbocycles. The number of nitrogens with one attached hydrogen (secondary N) is 1. The Hall–Kier alpha value is -0.850. The second-order valence-electron chi connectivity index (χ2n) is 1.34. The Bertz CT molecular complexity index is 127. The fourth-order valence-corrected chi connectivity index (χ4v) is 0.233. The van der Waals surface area contributed by atoms with Crippen LogP contribution in [-0.4, -0.2) is 12.7 Å². The Morgan fingerprint density at radius 3 is 2.33 bits per heavy atom. The van der Waals surface area contributed by atoms with Crippen molar-refractivity contribution in [2.45, 2.75) is 13.1 Å². The molecular formula is C5H6F3N. The molecule has 0 saturated heterocycles. The highest BCUT2D eigenvalue weighted by molar-refractivity contribution is 4.92. The zero-order valence-corrected chi connectivity index (χ0v) is 4.84. The highest BCUT2D eigenvalue weighted by Gasteiger charge is 2.25. The van der Waals surface area contributed by atoms with Crippen LogP contribution in [0.25, 0.3) is 0 Å². The van der Waals surface area contributed by atoms with Crippen LogP contribution in [-0.2, 0) is 0 Å². The van der Waals surface area contributed by atoms with Crippen molar-refractivity contribution in [1.82, 2.24) is 5.32 Å². The summed E-state index contributed by atoms with van der Waals surface area (Å²) < 4.78 is 33.7. The predicted octanol–water partition coefficient (Wildman–Crippen LogP) is 1.12. The van der Waals surface area contributed by atoms with E-state index in [1.807, 2.05) is 5.32 Å². The molecular weight excluding hydrogens is 131 g/mol. The molecule has 0 rings (SSSR count). The van der Waals surface area contributed by atoms with Crippen molar-refractivity contribution < 1.29 is 13.2 Å². The minimum absolute atomic E-state index is 1.05. The maximum Gasteiger partial charge on any atom is 0.406 e. The first kappa shape index (κ1) is 8.15. The highest BCUT2D eigenvalue weighted by Crippen LogP contribution is 2.11. The van der Waals surface area contributed by atoms with Crippen LogP contribution >= 0.6 is 0 Å². The Labute approximate surface area is 51.2 Å². The van der Waals surface area contributed by atoms with Crippen molar-refractivity contribution in [3.05, 3.63) is 0 Å². The van der Waals surface area contributed by atoms with E-state index in [4.69, 9.17) is 0 Å². The molecule has 4 heteroatoms. The summed E-state index contributed by atoms with van der Waals surface area (Å²) in [6, 6.07) is 2.08. The van der Waals surface area contributed by atoms with Gasteiger partial charge in [0.1, 0.15) is 6.54 Å². The van der Waals surface area contributed by atoms with Crippen LogP contribution in [0, 0.1) is 12.0 Å². The van der Waals surface area contributed by atoms with Gasteiger partial charge >= 0.3 is 6.18 Å². The summed E-state index contributed by atoms with van der Waals surface area (Å²) in [5.74, 6) is 2.28. The Balaban J connectivity index is 3.36. The predicted molar refractivity (Wildman–Crippen MR) is 27.5 cm³/mol. The van der Waals surface area contributed by atoms with E-state index < -0.39 is 12.7 Å². The lowest BCUT2D eigenvalue weighted by molar-refractivity contribution is -0.122. The number of rotatable bonds is 1. The fraction of sp³-hybridized carbons (Fsp3) is 0.600. The lowest BCUT2D eigenvalue weighted by Crippen LogP contribution is -2.24. The average Bonchev–Trinajstić information content (AvgIpc) is 1.63. The van der Waals surface area contributed by atoms with Gasteiger partial charge in [-0.05, 0) is 6.92 Å². The molecule has 0 amide bonds. The first-order chi connectivity index (χ1) is 4.06. The quantitative estimate of drug-likeness (QED) is 0.421. The molecule has 0 aromatic heterocycles. The van der Waals surface area contributed by atoms with E-state index in [1.165, 1.54) is 6.92 Å². The Kier molecular flexibility index (Phi) is 2.93. The molecule has 0 aromatic carbocycles. The summed E-state index contributed by atoms with van der Waals surface area (Å²) in [5.41, 5.74) is 0. The van der Waals surface area contributed by atoms with E-state index in [2.05, 4.69) is 12.0 Å². The number of alkyl halides is 3.